The Bertz CT molecular complexity index is 260. The summed E-state index contributed by atoms with van der Waals surface area (Å²) in [7, 11) is 0. The van der Waals surface area contributed by atoms with E-state index in [-0.39, 0.29) is 0 Å². The number of aromatic nitrogens is 1. The summed E-state index contributed by atoms with van der Waals surface area (Å²) in [5.74, 6) is 1.48. The highest BCUT2D eigenvalue weighted by Crippen LogP contribution is 2.20. The van der Waals surface area contributed by atoms with Crippen LogP contribution in [0.15, 0.2) is 5.51 Å². The van der Waals surface area contributed by atoms with E-state index in [1.807, 2.05) is 5.51 Å². The molecule has 0 saturated heterocycles. The summed E-state index contributed by atoms with van der Waals surface area (Å²) in [6, 6.07) is 0. The molecule has 0 aliphatic rings. The summed E-state index contributed by atoms with van der Waals surface area (Å²) in [6.45, 7) is 4.30. The number of rotatable bonds is 6. The van der Waals surface area contributed by atoms with Crippen LogP contribution in [-0.4, -0.2) is 10.9 Å². The van der Waals surface area contributed by atoms with Gasteiger partial charge in [0.2, 0.25) is 0 Å². The predicted octanol–water partition coefficient (Wildman–Crippen LogP) is 4.04. The van der Waals surface area contributed by atoms with Gasteiger partial charge in [0.15, 0.2) is 0 Å². The molecule has 1 atom stereocenters. The summed E-state index contributed by atoms with van der Waals surface area (Å²) < 4.78 is 0. The van der Waals surface area contributed by atoms with Crippen LogP contribution in [0.3, 0.4) is 0 Å². The molecular weight excluding hydrogens is 214 g/mol. The van der Waals surface area contributed by atoms with E-state index in [1.54, 1.807) is 11.3 Å². The van der Waals surface area contributed by atoms with E-state index in [2.05, 4.69) is 18.8 Å². The van der Waals surface area contributed by atoms with Crippen LogP contribution in [0.5, 0.6) is 0 Å². The first-order valence-electron chi connectivity index (χ1n) is 5.22. The lowest BCUT2D eigenvalue weighted by molar-refractivity contribution is 0.493. The Morgan fingerprint density at radius 2 is 2.29 bits per heavy atom. The van der Waals surface area contributed by atoms with Crippen molar-refractivity contribution in [3.8, 4) is 0 Å². The standard InChI is InChI=1S/C11H18ClNS/c1-3-4-10(7-12)5-6-11-9(2)13-8-14-11/h8,10H,3-7H2,1-2H3. The Balaban J connectivity index is 2.35. The van der Waals surface area contributed by atoms with Gasteiger partial charge in [-0.25, -0.2) is 4.98 Å². The Labute approximate surface area is 95.5 Å². The third-order valence-electron chi connectivity index (χ3n) is 2.54. The molecule has 1 heterocycles. The van der Waals surface area contributed by atoms with Crippen molar-refractivity contribution in [3.63, 3.8) is 0 Å². The molecule has 0 N–H and O–H groups in total. The molecule has 0 aromatic carbocycles. The third-order valence-corrected chi connectivity index (χ3v) is 3.97. The van der Waals surface area contributed by atoms with Crippen LogP contribution in [0.1, 0.15) is 36.8 Å². The molecule has 0 aliphatic carbocycles. The predicted molar refractivity (Wildman–Crippen MR) is 64.3 cm³/mol. The molecule has 80 valence electrons. The second kappa shape index (κ2) is 6.41. The van der Waals surface area contributed by atoms with Crippen LogP contribution in [0.25, 0.3) is 0 Å². The molecule has 3 heteroatoms. The molecule has 0 radical (unpaired) electrons. The maximum atomic E-state index is 5.91. The number of alkyl halides is 1. The van der Waals surface area contributed by atoms with Gasteiger partial charge >= 0.3 is 0 Å². The van der Waals surface area contributed by atoms with Gasteiger partial charge < -0.3 is 0 Å². The van der Waals surface area contributed by atoms with E-state index in [9.17, 15) is 0 Å². The Morgan fingerprint density at radius 3 is 2.79 bits per heavy atom. The van der Waals surface area contributed by atoms with Crippen molar-refractivity contribution in [2.45, 2.75) is 39.5 Å². The van der Waals surface area contributed by atoms with Crippen LogP contribution in [-0.2, 0) is 6.42 Å². The first-order chi connectivity index (χ1) is 6.77. The third kappa shape index (κ3) is 3.58. The van der Waals surface area contributed by atoms with Crippen LogP contribution < -0.4 is 0 Å². The Kier molecular flexibility index (Phi) is 5.49. The summed E-state index contributed by atoms with van der Waals surface area (Å²) >= 11 is 7.68. The molecule has 1 rings (SSSR count). The smallest absolute Gasteiger partial charge is 0.0797 e. The highest BCUT2D eigenvalue weighted by atomic mass is 35.5. The van der Waals surface area contributed by atoms with Crippen LogP contribution in [0.2, 0.25) is 0 Å². The molecule has 0 aliphatic heterocycles. The lowest BCUT2D eigenvalue weighted by atomic mass is 9.99. The summed E-state index contributed by atoms with van der Waals surface area (Å²) in [4.78, 5) is 5.68. The minimum atomic E-state index is 0.683. The molecular formula is C11H18ClNS. The van der Waals surface area contributed by atoms with E-state index in [4.69, 9.17) is 11.6 Å². The van der Waals surface area contributed by atoms with E-state index in [0.29, 0.717) is 5.92 Å². The average molecular weight is 232 g/mol. The maximum Gasteiger partial charge on any atom is 0.0797 e. The fourth-order valence-corrected chi connectivity index (χ4v) is 2.71. The summed E-state index contributed by atoms with van der Waals surface area (Å²) in [6.07, 6.45) is 4.84. The summed E-state index contributed by atoms with van der Waals surface area (Å²) in [5, 5.41) is 0. The minimum absolute atomic E-state index is 0.683. The van der Waals surface area contributed by atoms with Gasteiger partial charge in [-0.1, -0.05) is 13.3 Å². The zero-order chi connectivity index (χ0) is 10.4. The number of nitrogens with zero attached hydrogens (tertiary/aromatic N) is 1. The molecule has 0 saturated carbocycles. The van der Waals surface area contributed by atoms with Crippen LogP contribution in [0.4, 0.5) is 0 Å². The van der Waals surface area contributed by atoms with Gasteiger partial charge in [-0.2, -0.15) is 0 Å². The normalized spacial score (nSPS) is 13.1. The van der Waals surface area contributed by atoms with Crippen molar-refractivity contribution in [1.82, 2.24) is 4.98 Å². The van der Waals surface area contributed by atoms with E-state index in [0.717, 1.165) is 12.3 Å². The van der Waals surface area contributed by atoms with Crippen molar-refractivity contribution in [3.05, 3.63) is 16.1 Å². The van der Waals surface area contributed by atoms with Crippen molar-refractivity contribution >= 4 is 22.9 Å². The number of halogens is 1. The first-order valence-corrected chi connectivity index (χ1v) is 6.64. The largest absolute Gasteiger partial charge is 0.250 e. The Hall–Kier alpha value is -0.0800. The SMILES string of the molecule is CCCC(CCl)CCc1scnc1C. The van der Waals surface area contributed by atoms with Gasteiger partial charge in [0.05, 0.1) is 11.2 Å². The van der Waals surface area contributed by atoms with Crippen molar-refractivity contribution in [2.24, 2.45) is 5.92 Å². The fourth-order valence-electron chi connectivity index (χ4n) is 1.61. The van der Waals surface area contributed by atoms with Gasteiger partial charge in [-0.05, 0) is 32.1 Å². The first kappa shape index (κ1) is 12.0. The number of hydrogen-bond donors (Lipinski definition) is 0. The van der Waals surface area contributed by atoms with Gasteiger partial charge in [0, 0.05) is 10.8 Å². The van der Waals surface area contributed by atoms with Crippen molar-refractivity contribution in [2.75, 3.05) is 5.88 Å². The summed E-state index contributed by atoms with van der Waals surface area (Å²) in [5.41, 5.74) is 3.13. The van der Waals surface area contributed by atoms with Crippen molar-refractivity contribution in [1.29, 1.82) is 0 Å². The fraction of sp³-hybridized carbons (Fsp3) is 0.727. The second-order valence-corrected chi connectivity index (χ2v) is 4.96. The quantitative estimate of drug-likeness (QED) is 0.674. The molecule has 0 bridgehead atoms. The van der Waals surface area contributed by atoms with Gasteiger partial charge in [-0.3, -0.25) is 0 Å². The minimum Gasteiger partial charge on any atom is -0.250 e. The van der Waals surface area contributed by atoms with Crippen LogP contribution in [0, 0.1) is 12.8 Å². The van der Waals surface area contributed by atoms with E-state index < -0.39 is 0 Å². The molecule has 1 nitrogen and oxygen atoms in total. The molecule has 1 aromatic rings. The Morgan fingerprint density at radius 1 is 1.50 bits per heavy atom. The molecule has 1 aromatic heterocycles. The van der Waals surface area contributed by atoms with Gasteiger partial charge in [0.1, 0.15) is 0 Å². The lowest BCUT2D eigenvalue weighted by Gasteiger charge is -2.11. The molecule has 0 spiro atoms. The second-order valence-electron chi connectivity index (χ2n) is 3.71. The number of hydrogen-bond acceptors (Lipinski definition) is 2. The topological polar surface area (TPSA) is 12.9 Å². The number of aryl methyl sites for hydroxylation is 2. The molecule has 0 amide bonds. The number of thiazole rings is 1. The van der Waals surface area contributed by atoms with Gasteiger partial charge in [0.25, 0.3) is 0 Å². The average Bonchev–Trinajstić information content (AvgIpc) is 2.59. The molecule has 1 unspecified atom stereocenters. The molecule has 14 heavy (non-hydrogen) atoms. The monoisotopic (exact) mass is 231 g/mol. The maximum absolute atomic E-state index is 5.91. The zero-order valence-electron chi connectivity index (χ0n) is 8.92. The molecule has 0 fully saturated rings. The lowest BCUT2D eigenvalue weighted by Crippen LogP contribution is -2.03. The highest BCUT2D eigenvalue weighted by Gasteiger charge is 2.08. The highest BCUT2D eigenvalue weighted by molar-refractivity contribution is 7.09. The van der Waals surface area contributed by atoms with Crippen LogP contribution >= 0.6 is 22.9 Å². The van der Waals surface area contributed by atoms with E-state index in [1.165, 1.54) is 29.8 Å². The zero-order valence-corrected chi connectivity index (χ0v) is 10.5. The van der Waals surface area contributed by atoms with E-state index >= 15 is 0 Å². The van der Waals surface area contributed by atoms with Gasteiger partial charge in [-0.15, -0.1) is 22.9 Å². The van der Waals surface area contributed by atoms with Crippen molar-refractivity contribution < 1.29 is 0 Å².